The van der Waals surface area contributed by atoms with Gasteiger partial charge < -0.3 is 5.11 Å². The first-order chi connectivity index (χ1) is 8.28. The fourth-order valence-electron chi connectivity index (χ4n) is 1.61. The van der Waals surface area contributed by atoms with Gasteiger partial charge in [0.25, 0.3) is 0 Å². The Morgan fingerprint density at radius 3 is 3.00 bits per heavy atom. The van der Waals surface area contributed by atoms with E-state index >= 15 is 0 Å². The predicted molar refractivity (Wildman–Crippen MR) is 66.0 cm³/mol. The summed E-state index contributed by atoms with van der Waals surface area (Å²) in [5, 5.41) is 17.5. The lowest BCUT2D eigenvalue weighted by molar-refractivity contribution is 0.288. The minimum Gasteiger partial charge on any atom is -0.396 e. The SMILES string of the molecule is OCCCc1cn(Cc2cccc(Cl)c2)nn1. The monoisotopic (exact) mass is 251 g/mol. The van der Waals surface area contributed by atoms with E-state index in [1.807, 2.05) is 30.5 Å². The third-order valence-electron chi connectivity index (χ3n) is 2.41. The van der Waals surface area contributed by atoms with Gasteiger partial charge >= 0.3 is 0 Å². The summed E-state index contributed by atoms with van der Waals surface area (Å²) >= 11 is 5.91. The molecule has 0 radical (unpaired) electrons. The van der Waals surface area contributed by atoms with Crippen molar-refractivity contribution >= 4 is 11.6 Å². The number of rotatable bonds is 5. The maximum atomic E-state index is 8.73. The number of hydrogen-bond donors (Lipinski definition) is 1. The fraction of sp³-hybridized carbons (Fsp3) is 0.333. The average Bonchev–Trinajstić information content (AvgIpc) is 2.74. The van der Waals surface area contributed by atoms with Crippen LogP contribution in [0.1, 0.15) is 17.7 Å². The quantitative estimate of drug-likeness (QED) is 0.883. The molecule has 0 saturated carbocycles. The van der Waals surface area contributed by atoms with E-state index < -0.39 is 0 Å². The Balaban J connectivity index is 2.01. The second kappa shape index (κ2) is 5.80. The van der Waals surface area contributed by atoms with Crippen LogP contribution in [0.4, 0.5) is 0 Å². The van der Waals surface area contributed by atoms with Crippen LogP contribution in [0.15, 0.2) is 30.5 Å². The number of aryl methyl sites for hydroxylation is 1. The number of benzene rings is 1. The van der Waals surface area contributed by atoms with Crippen molar-refractivity contribution in [2.24, 2.45) is 0 Å². The molecule has 1 aromatic heterocycles. The van der Waals surface area contributed by atoms with Gasteiger partial charge in [0.05, 0.1) is 12.2 Å². The molecular formula is C12H14ClN3O. The van der Waals surface area contributed by atoms with Crippen LogP contribution in [0, 0.1) is 0 Å². The average molecular weight is 252 g/mol. The molecule has 0 spiro atoms. The number of aliphatic hydroxyl groups is 1. The van der Waals surface area contributed by atoms with Crippen LogP contribution in [0.5, 0.6) is 0 Å². The van der Waals surface area contributed by atoms with Gasteiger partial charge in [-0.15, -0.1) is 5.10 Å². The van der Waals surface area contributed by atoms with E-state index in [1.54, 1.807) is 4.68 Å². The van der Waals surface area contributed by atoms with Gasteiger partial charge in [0.2, 0.25) is 0 Å². The molecule has 1 N–H and O–H groups in total. The van der Waals surface area contributed by atoms with Crippen molar-refractivity contribution in [3.63, 3.8) is 0 Å². The Bertz CT molecular complexity index is 484. The summed E-state index contributed by atoms with van der Waals surface area (Å²) in [5.74, 6) is 0. The third kappa shape index (κ3) is 3.54. The lowest BCUT2D eigenvalue weighted by Gasteiger charge is -2.00. The first-order valence-corrected chi connectivity index (χ1v) is 5.90. The number of hydrogen-bond acceptors (Lipinski definition) is 3. The van der Waals surface area contributed by atoms with Crippen LogP contribution in [0.25, 0.3) is 0 Å². The summed E-state index contributed by atoms with van der Waals surface area (Å²) in [6.45, 7) is 0.841. The van der Waals surface area contributed by atoms with Crippen molar-refractivity contribution in [2.45, 2.75) is 19.4 Å². The van der Waals surface area contributed by atoms with Crippen molar-refractivity contribution in [1.82, 2.24) is 15.0 Å². The van der Waals surface area contributed by atoms with Crippen molar-refractivity contribution in [3.05, 3.63) is 46.7 Å². The van der Waals surface area contributed by atoms with Crippen LogP contribution in [0.2, 0.25) is 5.02 Å². The summed E-state index contributed by atoms with van der Waals surface area (Å²) in [5.41, 5.74) is 2.00. The van der Waals surface area contributed by atoms with Gasteiger partial charge in [-0.3, -0.25) is 0 Å². The molecular weight excluding hydrogens is 238 g/mol. The van der Waals surface area contributed by atoms with E-state index in [9.17, 15) is 0 Å². The van der Waals surface area contributed by atoms with Crippen LogP contribution in [-0.4, -0.2) is 26.7 Å². The highest BCUT2D eigenvalue weighted by Gasteiger charge is 2.01. The summed E-state index contributed by atoms with van der Waals surface area (Å²) in [7, 11) is 0. The predicted octanol–water partition coefficient (Wildman–Crippen LogP) is 1.90. The van der Waals surface area contributed by atoms with Gasteiger partial charge in [0.1, 0.15) is 0 Å². The zero-order valence-electron chi connectivity index (χ0n) is 9.38. The highest BCUT2D eigenvalue weighted by molar-refractivity contribution is 6.30. The maximum absolute atomic E-state index is 8.73. The molecule has 0 atom stereocenters. The highest BCUT2D eigenvalue weighted by atomic mass is 35.5. The topological polar surface area (TPSA) is 50.9 Å². The Labute approximate surface area is 105 Å². The molecule has 0 saturated heterocycles. The molecule has 0 fully saturated rings. The van der Waals surface area contributed by atoms with Crippen LogP contribution in [-0.2, 0) is 13.0 Å². The van der Waals surface area contributed by atoms with E-state index in [0.29, 0.717) is 6.54 Å². The number of aromatic nitrogens is 3. The molecule has 0 aliphatic rings. The van der Waals surface area contributed by atoms with Crippen molar-refractivity contribution in [2.75, 3.05) is 6.61 Å². The zero-order chi connectivity index (χ0) is 12.1. The molecule has 0 unspecified atom stereocenters. The Hall–Kier alpha value is -1.39. The van der Waals surface area contributed by atoms with Gasteiger partial charge in [-0.1, -0.05) is 28.9 Å². The zero-order valence-corrected chi connectivity index (χ0v) is 10.1. The van der Waals surface area contributed by atoms with Gasteiger partial charge in [0, 0.05) is 17.8 Å². The highest BCUT2D eigenvalue weighted by Crippen LogP contribution is 2.11. The van der Waals surface area contributed by atoms with Gasteiger partial charge in [0.15, 0.2) is 0 Å². The fourth-order valence-corrected chi connectivity index (χ4v) is 1.83. The molecule has 0 amide bonds. The largest absolute Gasteiger partial charge is 0.396 e. The molecule has 17 heavy (non-hydrogen) atoms. The molecule has 1 aromatic carbocycles. The van der Waals surface area contributed by atoms with Crippen molar-refractivity contribution in [3.8, 4) is 0 Å². The number of nitrogens with zero attached hydrogens (tertiary/aromatic N) is 3. The first kappa shape index (κ1) is 12.1. The Kier molecular flexibility index (Phi) is 4.12. The summed E-state index contributed by atoms with van der Waals surface area (Å²) in [6, 6.07) is 7.68. The minimum absolute atomic E-state index is 0.182. The minimum atomic E-state index is 0.182. The smallest absolute Gasteiger partial charge is 0.0828 e. The number of halogens is 1. The van der Waals surface area contributed by atoms with Gasteiger partial charge in [-0.2, -0.15) is 0 Å². The molecule has 0 aliphatic heterocycles. The molecule has 4 nitrogen and oxygen atoms in total. The summed E-state index contributed by atoms with van der Waals surface area (Å²) in [6.07, 6.45) is 3.37. The van der Waals surface area contributed by atoms with E-state index in [0.717, 1.165) is 29.1 Å². The molecule has 90 valence electrons. The normalized spacial score (nSPS) is 10.7. The van der Waals surface area contributed by atoms with E-state index in [2.05, 4.69) is 10.3 Å². The standard InChI is InChI=1S/C12H14ClN3O/c13-11-4-1-3-10(7-11)8-16-9-12(14-15-16)5-2-6-17/h1,3-4,7,9,17H,2,5-6,8H2. The molecule has 0 bridgehead atoms. The van der Waals surface area contributed by atoms with Crippen molar-refractivity contribution in [1.29, 1.82) is 0 Å². The van der Waals surface area contributed by atoms with Gasteiger partial charge in [-0.25, -0.2) is 4.68 Å². The second-order valence-corrected chi connectivity index (χ2v) is 4.30. The molecule has 5 heteroatoms. The molecule has 0 aliphatic carbocycles. The van der Waals surface area contributed by atoms with Crippen LogP contribution in [0.3, 0.4) is 0 Å². The molecule has 2 aromatic rings. The first-order valence-electron chi connectivity index (χ1n) is 5.52. The Morgan fingerprint density at radius 1 is 1.35 bits per heavy atom. The van der Waals surface area contributed by atoms with Gasteiger partial charge in [-0.05, 0) is 30.5 Å². The van der Waals surface area contributed by atoms with E-state index in [4.69, 9.17) is 16.7 Å². The van der Waals surface area contributed by atoms with Crippen LogP contribution < -0.4 is 0 Å². The van der Waals surface area contributed by atoms with Crippen LogP contribution >= 0.6 is 11.6 Å². The number of aliphatic hydroxyl groups excluding tert-OH is 1. The third-order valence-corrected chi connectivity index (χ3v) is 2.65. The molecule has 1 heterocycles. The lowest BCUT2D eigenvalue weighted by atomic mass is 10.2. The van der Waals surface area contributed by atoms with E-state index in [1.165, 1.54) is 0 Å². The summed E-state index contributed by atoms with van der Waals surface area (Å²) in [4.78, 5) is 0. The Morgan fingerprint density at radius 2 is 2.24 bits per heavy atom. The van der Waals surface area contributed by atoms with Crippen molar-refractivity contribution < 1.29 is 5.11 Å². The lowest BCUT2D eigenvalue weighted by Crippen LogP contribution is -2.00. The second-order valence-electron chi connectivity index (χ2n) is 3.86. The summed E-state index contributed by atoms with van der Waals surface area (Å²) < 4.78 is 1.78. The maximum Gasteiger partial charge on any atom is 0.0828 e. The van der Waals surface area contributed by atoms with E-state index in [-0.39, 0.29) is 6.61 Å². The molecule has 2 rings (SSSR count).